The second-order valence-corrected chi connectivity index (χ2v) is 10.8. The Labute approximate surface area is 184 Å². The van der Waals surface area contributed by atoms with Crippen LogP contribution in [0.4, 0.5) is 5.13 Å². The summed E-state index contributed by atoms with van der Waals surface area (Å²) in [5.74, 6) is 0. The molecule has 1 aliphatic heterocycles. The van der Waals surface area contributed by atoms with Gasteiger partial charge in [0.2, 0.25) is 10.1 Å². The largest absolute Gasteiger partial charge is 0.343 e. The SMILES string of the molecule is Cc1cc(-c2cc(=O)n3nc(N4CC(C)(C)NC(C)(C)C4)sc3n2)cc2cn(C)nc12. The highest BCUT2D eigenvalue weighted by Crippen LogP contribution is 2.30. The molecule has 9 heteroatoms. The molecule has 3 aromatic heterocycles. The van der Waals surface area contributed by atoms with Gasteiger partial charge in [-0.3, -0.25) is 9.48 Å². The van der Waals surface area contributed by atoms with Crippen LogP contribution in [0.15, 0.2) is 29.2 Å². The second kappa shape index (κ2) is 6.61. The van der Waals surface area contributed by atoms with E-state index in [9.17, 15) is 4.79 Å². The highest BCUT2D eigenvalue weighted by molar-refractivity contribution is 7.20. The van der Waals surface area contributed by atoms with Crippen molar-refractivity contribution in [2.45, 2.75) is 45.7 Å². The standard InChI is InChI=1S/C22H27N7OS/c1-13-7-14(8-15-10-27(6)24-18(13)15)16-9-17(30)29-19(23-16)31-20(25-29)28-11-21(2,3)26-22(4,5)12-28/h7-10,26H,11-12H2,1-6H3. The zero-order valence-electron chi connectivity index (χ0n) is 18.7. The van der Waals surface area contributed by atoms with Crippen molar-refractivity contribution in [1.29, 1.82) is 0 Å². The lowest BCUT2D eigenvalue weighted by molar-refractivity contribution is 0.226. The molecule has 0 spiro atoms. The van der Waals surface area contributed by atoms with Crippen LogP contribution in [0, 0.1) is 6.92 Å². The highest BCUT2D eigenvalue weighted by Gasteiger charge is 2.37. The molecule has 1 saturated heterocycles. The van der Waals surface area contributed by atoms with E-state index >= 15 is 0 Å². The summed E-state index contributed by atoms with van der Waals surface area (Å²) >= 11 is 1.46. The van der Waals surface area contributed by atoms with Crippen molar-refractivity contribution in [3.63, 3.8) is 0 Å². The van der Waals surface area contributed by atoms with Gasteiger partial charge in [-0.15, -0.1) is 5.10 Å². The van der Waals surface area contributed by atoms with Crippen LogP contribution in [0.2, 0.25) is 0 Å². The first kappa shape index (κ1) is 20.1. The molecule has 0 radical (unpaired) electrons. The van der Waals surface area contributed by atoms with E-state index in [0.29, 0.717) is 10.7 Å². The van der Waals surface area contributed by atoms with E-state index in [-0.39, 0.29) is 16.6 Å². The minimum atomic E-state index is -0.167. The number of rotatable bonds is 2. The summed E-state index contributed by atoms with van der Waals surface area (Å²) < 4.78 is 3.22. The Balaban J connectivity index is 1.59. The van der Waals surface area contributed by atoms with E-state index in [2.05, 4.69) is 48.1 Å². The van der Waals surface area contributed by atoms with Crippen molar-refractivity contribution in [2.75, 3.05) is 18.0 Å². The van der Waals surface area contributed by atoms with Gasteiger partial charge in [0.1, 0.15) is 0 Å². The van der Waals surface area contributed by atoms with Gasteiger partial charge in [0.05, 0.1) is 11.2 Å². The molecule has 31 heavy (non-hydrogen) atoms. The lowest BCUT2D eigenvalue weighted by atomic mass is 9.92. The number of anilines is 1. The van der Waals surface area contributed by atoms with Gasteiger partial charge in [0.25, 0.3) is 5.56 Å². The van der Waals surface area contributed by atoms with E-state index in [4.69, 9.17) is 4.98 Å². The quantitative estimate of drug-likeness (QED) is 0.519. The maximum Gasteiger partial charge on any atom is 0.275 e. The smallest absolute Gasteiger partial charge is 0.275 e. The monoisotopic (exact) mass is 437 g/mol. The minimum Gasteiger partial charge on any atom is -0.343 e. The van der Waals surface area contributed by atoms with E-state index in [1.165, 1.54) is 15.9 Å². The van der Waals surface area contributed by atoms with Gasteiger partial charge in [-0.25, -0.2) is 4.98 Å². The minimum absolute atomic E-state index is 0.0557. The molecule has 4 aromatic rings. The lowest BCUT2D eigenvalue weighted by Gasteiger charge is -2.48. The van der Waals surface area contributed by atoms with Gasteiger partial charge in [-0.1, -0.05) is 11.3 Å². The predicted octanol–water partition coefficient (Wildman–Crippen LogP) is 2.98. The zero-order valence-corrected chi connectivity index (χ0v) is 19.5. The number of fused-ring (bicyclic) bond motifs is 2. The van der Waals surface area contributed by atoms with Crippen molar-refractivity contribution in [3.8, 4) is 11.3 Å². The third-order valence-corrected chi connectivity index (χ3v) is 6.53. The molecule has 4 heterocycles. The van der Waals surface area contributed by atoms with Gasteiger partial charge < -0.3 is 10.2 Å². The summed E-state index contributed by atoms with van der Waals surface area (Å²) in [4.78, 5) is 20.6. The molecule has 0 amide bonds. The van der Waals surface area contributed by atoms with Crippen LogP contribution in [0.3, 0.4) is 0 Å². The van der Waals surface area contributed by atoms with Gasteiger partial charge in [-0.05, 0) is 52.3 Å². The molecule has 8 nitrogen and oxygen atoms in total. The second-order valence-electron chi connectivity index (χ2n) is 9.84. The van der Waals surface area contributed by atoms with E-state index < -0.39 is 0 Å². The predicted molar refractivity (Wildman–Crippen MR) is 125 cm³/mol. The Hall–Kier alpha value is -2.78. The molecule has 1 N–H and O–H groups in total. The van der Waals surface area contributed by atoms with Crippen molar-refractivity contribution in [3.05, 3.63) is 40.3 Å². The van der Waals surface area contributed by atoms with Crippen LogP contribution >= 0.6 is 11.3 Å². The number of nitrogens with zero attached hydrogens (tertiary/aromatic N) is 6. The first-order valence-corrected chi connectivity index (χ1v) is 11.2. The fourth-order valence-corrected chi connectivity index (χ4v) is 5.70. The summed E-state index contributed by atoms with van der Waals surface area (Å²) in [6, 6.07) is 5.65. The molecular formula is C22H27N7OS. The number of hydrogen-bond donors (Lipinski definition) is 1. The molecule has 1 fully saturated rings. The van der Waals surface area contributed by atoms with E-state index in [1.807, 2.05) is 32.3 Å². The number of benzene rings is 1. The third kappa shape index (κ3) is 3.61. The van der Waals surface area contributed by atoms with Crippen LogP contribution in [-0.2, 0) is 7.05 Å². The molecule has 5 rings (SSSR count). The highest BCUT2D eigenvalue weighted by atomic mass is 32.1. The fourth-order valence-electron chi connectivity index (χ4n) is 4.79. The van der Waals surface area contributed by atoms with Gasteiger partial charge in [-0.2, -0.15) is 9.61 Å². The summed E-state index contributed by atoms with van der Waals surface area (Å²) in [5.41, 5.74) is 3.32. The van der Waals surface area contributed by atoms with E-state index in [0.717, 1.165) is 40.3 Å². The summed E-state index contributed by atoms with van der Waals surface area (Å²) in [6.07, 6.45) is 1.98. The topological polar surface area (TPSA) is 80.4 Å². The Kier molecular flexibility index (Phi) is 4.29. The van der Waals surface area contributed by atoms with Gasteiger partial charge >= 0.3 is 0 Å². The van der Waals surface area contributed by atoms with Crippen LogP contribution < -0.4 is 15.8 Å². The molecule has 162 valence electrons. The lowest BCUT2D eigenvalue weighted by Crippen LogP contribution is -2.67. The molecule has 0 atom stereocenters. The fraction of sp³-hybridized carbons (Fsp3) is 0.455. The maximum atomic E-state index is 12.9. The summed E-state index contributed by atoms with van der Waals surface area (Å²) in [7, 11) is 1.91. The Morgan fingerprint density at radius 2 is 1.77 bits per heavy atom. The Morgan fingerprint density at radius 1 is 1.06 bits per heavy atom. The summed E-state index contributed by atoms with van der Waals surface area (Å²) in [6.45, 7) is 12.4. The molecular weight excluding hydrogens is 410 g/mol. The first-order chi connectivity index (χ1) is 14.5. The normalized spacial score (nSPS) is 18.2. The Morgan fingerprint density at radius 3 is 2.48 bits per heavy atom. The van der Waals surface area contributed by atoms with Crippen molar-refractivity contribution in [1.82, 2.24) is 29.7 Å². The third-order valence-electron chi connectivity index (χ3n) is 5.56. The van der Waals surface area contributed by atoms with Crippen LogP contribution in [-0.4, -0.2) is 48.5 Å². The number of aryl methyl sites for hydroxylation is 2. The first-order valence-electron chi connectivity index (χ1n) is 10.4. The molecule has 0 aliphatic carbocycles. The molecule has 0 unspecified atom stereocenters. The van der Waals surface area contributed by atoms with Crippen molar-refractivity contribution < 1.29 is 0 Å². The van der Waals surface area contributed by atoms with Crippen LogP contribution in [0.25, 0.3) is 27.1 Å². The van der Waals surface area contributed by atoms with Gasteiger partial charge in [0.15, 0.2) is 0 Å². The van der Waals surface area contributed by atoms with Crippen molar-refractivity contribution in [2.24, 2.45) is 7.05 Å². The summed E-state index contributed by atoms with van der Waals surface area (Å²) in [5, 5.41) is 14.7. The van der Waals surface area contributed by atoms with Crippen LogP contribution in [0.5, 0.6) is 0 Å². The van der Waals surface area contributed by atoms with Gasteiger partial charge in [0, 0.05) is 54.4 Å². The maximum absolute atomic E-state index is 12.9. The van der Waals surface area contributed by atoms with E-state index in [1.54, 1.807) is 10.7 Å². The molecule has 1 aromatic carbocycles. The molecule has 1 aliphatic rings. The zero-order chi connectivity index (χ0) is 22.1. The number of aromatic nitrogens is 5. The number of nitrogens with one attached hydrogen (secondary N) is 1. The Bertz CT molecular complexity index is 1360. The average molecular weight is 438 g/mol. The molecule has 0 saturated carbocycles. The number of piperazine rings is 1. The average Bonchev–Trinajstić information content (AvgIpc) is 3.22. The number of hydrogen-bond acceptors (Lipinski definition) is 7. The molecule has 0 bridgehead atoms. The van der Waals surface area contributed by atoms with Crippen LogP contribution in [0.1, 0.15) is 33.3 Å². The van der Waals surface area contributed by atoms with Crippen molar-refractivity contribution >= 4 is 32.3 Å².